The van der Waals surface area contributed by atoms with Gasteiger partial charge in [-0.2, -0.15) is 4.98 Å². The van der Waals surface area contributed by atoms with Gasteiger partial charge in [-0.25, -0.2) is 0 Å². The Kier molecular flexibility index (Phi) is 9.82. The maximum atomic E-state index is 13.1. The van der Waals surface area contributed by atoms with Gasteiger partial charge in [-0.05, 0) is 45.2 Å². The number of aromatic nitrogens is 2. The number of unbranched alkanes of at least 4 members (excludes halogenated alkanes) is 2. The van der Waals surface area contributed by atoms with Gasteiger partial charge in [0.05, 0.1) is 13.2 Å². The number of benzene rings is 1. The number of hydrogen-bond acceptors (Lipinski definition) is 6. The number of carbonyl (C=O) groups is 1. The lowest BCUT2D eigenvalue weighted by Gasteiger charge is -2.29. The molecule has 1 unspecified atom stereocenters. The van der Waals surface area contributed by atoms with Crippen LogP contribution in [0, 0.1) is 0 Å². The summed E-state index contributed by atoms with van der Waals surface area (Å²) >= 11 is 0. The Hall–Kier alpha value is -2.57. The molecule has 2 aromatic rings. The summed E-state index contributed by atoms with van der Waals surface area (Å²) in [7, 11) is 0. The van der Waals surface area contributed by atoms with Gasteiger partial charge in [0, 0.05) is 5.41 Å². The maximum absolute atomic E-state index is 13.1. The first-order valence-corrected chi connectivity index (χ1v) is 11.6. The molecule has 0 saturated carbocycles. The van der Waals surface area contributed by atoms with E-state index in [2.05, 4.69) is 36.2 Å². The summed E-state index contributed by atoms with van der Waals surface area (Å²) in [6, 6.07) is 5.39. The van der Waals surface area contributed by atoms with Crippen LogP contribution in [-0.4, -0.2) is 29.3 Å². The second-order valence-electron chi connectivity index (χ2n) is 7.71. The molecule has 0 aliphatic rings. The van der Waals surface area contributed by atoms with Crippen molar-refractivity contribution in [3.05, 3.63) is 29.6 Å². The van der Waals surface area contributed by atoms with Crippen molar-refractivity contribution in [3.8, 4) is 11.5 Å². The van der Waals surface area contributed by atoms with Crippen LogP contribution in [0.4, 0.5) is 6.01 Å². The van der Waals surface area contributed by atoms with Gasteiger partial charge in [-0.3, -0.25) is 10.1 Å². The Bertz CT molecular complexity index is 797. The second kappa shape index (κ2) is 12.3. The highest BCUT2D eigenvalue weighted by molar-refractivity contribution is 6.07. The predicted octanol–water partition coefficient (Wildman–Crippen LogP) is 6.15. The van der Waals surface area contributed by atoms with Crippen molar-refractivity contribution in [2.45, 2.75) is 85.0 Å². The topological polar surface area (TPSA) is 86.5 Å². The summed E-state index contributed by atoms with van der Waals surface area (Å²) in [4.78, 5) is 17.6. The van der Waals surface area contributed by atoms with Crippen LogP contribution in [-0.2, 0) is 5.41 Å². The van der Waals surface area contributed by atoms with Gasteiger partial charge in [0.15, 0.2) is 5.82 Å². The molecular formula is C24H37N3O4. The molecule has 7 heteroatoms. The average molecular weight is 432 g/mol. The van der Waals surface area contributed by atoms with Crippen LogP contribution in [0.2, 0.25) is 0 Å². The quantitative estimate of drug-likeness (QED) is 0.361. The summed E-state index contributed by atoms with van der Waals surface area (Å²) in [6.07, 6.45) is 7.44. The number of nitrogens with one attached hydrogen (secondary N) is 1. The summed E-state index contributed by atoms with van der Waals surface area (Å²) in [6.45, 7) is 11.2. The SMILES string of the molecule is CCCCCC(CC)(CCC)c1noc(NC(=O)c2c(OCC)cccc2OCC)n1. The van der Waals surface area contributed by atoms with Crippen molar-refractivity contribution in [3.63, 3.8) is 0 Å². The minimum absolute atomic E-state index is 0.0955. The van der Waals surface area contributed by atoms with Gasteiger partial charge in [-0.1, -0.05) is 57.7 Å². The first kappa shape index (κ1) is 24.7. The van der Waals surface area contributed by atoms with E-state index in [9.17, 15) is 4.79 Å². The van der Waals surface area contributed by atoms with Crippen LogP contribution in [0.15, 0.2) is 22.7 Å². The van der Waals surface area contributed by atoms with Crippen molar-refractivity contribution in [1.82, 2.24) is 10.1 Å². The van der Waals surface area contributed by atoms with E-state index in [1.54, 1.807) is 18.2 Å². The fraction of sp³-hybridized carbons (Fsp3) is 0.625. The van der Waals surface area contributed by atoms with Gasteiger partial charge in [0.1, 0.15) is 17.1 Å². The van der Waals surface area contributed by atoms with E-state index in [1.807, 2.05) is 13.8 Å². The molecule has 0 bridgehead atoms. The van der Waals surface area contributed by atoms with Crippen molar-refractivity contribution >= 4 is 11.9 Å². The monoisotopic (exact) mass is 431 g/mol. The summed E-state index contributed by atoms with van der Waals surface area (Å²) in [5.74, 6) is 1.19. The molecule has 0 saturated heterocycles. The highest BCUT2D eigenvalue weighted by Crippen LogP contribution is 2.37. The standard InChI is InChI=1S/C24H37N3O4/c1-6-11-12-17-24(8-3,16-7-2)22-26-23(31-27-22)25-21(28)20-18(29-9-4)14-13-15-19(20)30-10-5/h13-15H,6-12,16-17H2,1-5H3,(H,25,26,27,28). The van der Waals surface area contributed by atoms with E-state index < -0.39 is 5.91 Å². The van der Waals surface area contributed by atoms with E-state index in [-0.39, 0.29) is 11.4 Å². The Morgan fingerprint density at radius 3 is 2.23 bits per heavy atom. The zero-order valence-corrected chi connectivity index (χ0v) is 19.6. The lowest BCUT2D eigenvalue weighted by atomic mass is 9.75. The van der Waals surface area contributed by atoms with E-state index in [4.69, 9.17) is 14.0 Å². The van der Waals surface area contributed by atoms with Crippen LogP contribution in [0.5, 0.6) is 11.5 Å². The minimum atomic E-state index is -0.397. The fourth-order valence-corrected chi connectivity index (χ4v) is 3.99. The van der Waals surface area contributed by atoms with E-state index >= 15 is 0 Å². The molecule has 31 heavy (non-hydrogen) atoms. The molecule has 7 nitrogen and oxygen atoms in total. The largest absolute Gasteiger partial charge is 0.493 e. The maximum Gasteiger partial charge on any atom is 0.328 e. The van der Waals surface area contributed by atoms with Crippen LogP contribution < -0.4 is 14.8 Å². The fourth-order valence-electron chi connectivity index (χ4n) is 3.99. The first-order valence-electron chi connectivity index (χ1n) is 11.6. The lowest BCUT2D eigenvalue weighted by molar-refractivity contribution is 0.101. The number of carbonyl (C=O) groups excluding carboxylic acids is 1. The molecule has 1 N–H and O–H groups in total. The zero-order valence-electron chi connectivity index (χ0n) is 19.6. The molecular weight excluding hydrogens is 394 g/mol. The third-order valence-corrected chi connectivity index (χ3v) is 5.60. The summed E-state index contributed by atoms with van der Waals surface area (Å²) in [5, 5.41) is 7.00. The third kappa shape index (κ3) is 6.21. The number of anilines is 1. The number of rotatable bonds is 14. The third-order valence-electron chi connectivity index (χ3n) is 5.60. The van der Waals surface area contributed by atoms with E-state index in [0.717, 1.165) is 32.1 Å². The van der Waals surface area contributed by atoms with Gasteiger partial charge >= 0.3 is 6.01 Å². The first-order chi connectivity index (χ1) is 15.0. The molecule has 0 fully saturated rings. The molecule has 1 aromatic carbocycles. The summed E-state index contributed by atoms with van der Waals surface area (Å²) in [5.41, 5.74) is 0.194. The van der Waals surface area contributed by atoms with Crippen LogP contribution in [0.1, 0.15) is 95.7 Å². The van der Waals surface area contributed by atoms with E-state index in [1.165, 1.54) is 12.8 Å². The zero-order chi connectivity index (χ0) is 22.7. The number of ether oxygens (including phenoxy) is 2. The molecule has 0 aliphatic carbocycles. The molecule has 172 valence electrons. The predicted molar refractivity (Wildman–Crippen MR) is 122 cm³/mol. The number of hydrogen-bond donors (Lipinski definition) is 1. The van der Waals surface area contributed by atoms with Crippen LogP contribution in [0.3, 0.4) is 0 Å². The molecule has 0 radical (unpaired) electrons. The number of amides is 1. The van der Waals surface area contributed by atoms with Crippen LogP contribution in [0.25, 0.3) is 0 Å². The molecule has 0 spiro atoms. The molecule has 0 aliphatic heterocycles. The average Bonchev–Trinajstić information content (AvgIpc) is 3.23. The molecule has 1 atom stereocenters. The Morgan fingerprint density at radius 1 is 1.00 bits per heavy atom. The van der Waals surface area contributed by atoms with Crippen molar-refractivity contribution in [2.75, 3.05) is 18.5 Å². The normalized spacial score (nSPS) is 12.9. The van der Waals surface area contributed by atoms with Gasteiger partial charge in [-0.15, -0.1) is 0 Å². The lowest BCUT2D eigenvalue weighted by Crippen LogP contribution is -2.27. The van der Waals surface area contributed by atoms with Crippen LogP contribution >= 0.6 is 0 Å². The Labute approximate surface area is 185 Å². The highest BCUT2D eigenvalue weighted by Gasteiger charge is 2.34. The summed E-state index contributed by atoms with van der Waals surface area (Å²) < 4.78 is 16.7. The molecule has 1 amide bonds. The second-order valence-corrected chi connectivity index (χ2v) is 7.71. The van der Waals surface area contributed by atoms with Crippen molar-refractivity contribution in [1.29, 1.82) is 0 Å². The molecule has 1 aromatic heterocycles. The van der Waals surface area contributed by atoms with Gasteiger partial charge < -0.3 is 14.0 Å². The molecule has 1 heterocycles. The number of nitrogens with zero attached hydrogens (tertiary/aromatic N) is 2. The molecule has 2 rings (SSSR count). The van der Waals surface area contributed by atoms with E-state index in [0.29, 0.717) is 36.1 Å². The smallest absolute Gasteiger partial charge is 0.328 e. The minimum Gasteiger partial charge on any atom is -0.493 e. The Morgan fingerprint density at radius 2 is 1.68 bits per heavy atom. The van der Waals surface area contributed by atoms with Gasteiger partial charge in [0.2, 0.25) is 0 Å². The van der Waals surface area contributed by atoms with Crippen molar-refractivity contribution in [2.24, 2.45) is 0 Å². The highest BCUT2D eigenvalue weighted by atomic mass is 16.5. The van der Waals surface area contributed by atoms with Gasteiger partial charge in [0.25, 0.3) is 5.91 Å². The Balaban J connectivity index is 2.28. The van der Waals surface area contributed by atoms with Crippen molar-refractivity contribution < 1.29 is 18.8 Å².